The summed E-state index contributed by atoms with van der Waals surface area (Å²) in [6, 6.07) is 6.17. The molecule has 2 unspecified atom stereocenters. The van der Waals surface area contributed by atoms with Crippen LogP contribution in [-0.4, -0.2) is 40.1 Å². The molecule has 1 fully saturated rings. The molecule has 0 radical (unpaired) electrons. The molecule has 1 aromatic rings. The highest BCUT2D eigenvalue weighted by atomic mass is 32.2. The third-order valence-electron chi connectivity index (χ3n) is 2.86. The van der Waals surface area contributed by atoms with Gasteiger partial charge in [0.05, 0.1) is 6.54 Å². The standard InChI is InChI=1S/C12H15FN2O2S/c1-18(17)6-5-15-11(16)8-14-12(15)9-3-2-4-10(13)7-9/h2-4,7,12,14H,5-6,8H2,1H3. The number of nitrogens with one attached hydrogen (secondary N) is 1. The van der Waals surface area contributed by atoms with Crippen molar-refractivity contribution in [3.05, 3.63) is 35.6 Å². The van der Waals surface area contributed by atoms with E-state index in [0.717, 1.165) is 0 Å². The summed E-state index contributed by atoms with van der Waals surface area (Å²) in [4.78, 5) is 13.3. The first-order chi connectivity index (χ1) is 8.58. The Labute approximate surface area is 108 Å². The van der Waals surface area contributed by atoms with Crippen LogP contribution in [0.1, 0.15) is 11.7 Å². The zero-order valence-corrected chi connectivity index (χ0v) is 10.9. The average Bonchev–Trinajstić information content (AvgIpc) is 2.68. The number of hydrogen-bond donors (Lipinski definition) is 1. The van der Waals surface area contributed by atoms with E-state index in [-0.39, 0.29) is 24.4 Å². The summed E-state index contributed by atoms with van der Waals surface area (Å²) in [6.07, 6.45) is 1.28. The van der Waals surface area contributed by atoms with Crippen molar-refractivity contribution in [2.75, 3.05) is 25.1 Å². The molecular formula is C12H15FN2O2S. The van der Waals surface area contributed by atoms with Gasteiger partial charge in [-0.05, 0) is 17.7 Å². The number of carbonyl (C=O) groups excluding carboxylic acids is 1. The molecule has 1 heterocycles. The highest BCUT2D eigenvalue weighted by Gasteiger charge is 2.31. The fraction of sp³-hybridized carbons (Fsp3) is 0.417. The third kappa shape index (κ3) is 2.94. The number of rotatable bonds is 4. The molecular weight excluding hydrogens is 255 g/mol. The summed E-state index contributed by atoms with van der Waals surface area (Å²) in [5.41, 5.74) is 0.711. The second-order valence-electron chi connectivity index (χ2n) is 4.20. The second kappa shape index (κ2) is 5.58. The maximum Gasteiger partial charge on any atom is 0.238 e. The van der Waals surface area contributed by atoms with E-state index in [4.69, 9.17) is 0 Å². The first-order valence-electron chi connectivity index (χ1n) is 5.66. The van der Waals surface area contributed by atoms with E-state index in [9.17, 15) is 13.4 Å². The van der Waals surface area contributed by atoms with E-state index in [0.29, 0.717) is 17.9 Å². The van der Waals surface area contributed by atoms with Crippen molar-refractivity contribution >= 4 is 16.7 Å². The molecule has 4 nitrogen and oxygen atoms in total. The van der Waals surface area contributed by atoms with Gasteiger partial charge in [-0.1, -0.05) is 12.1 Å². The fourth-order valence-corrected chi connectivity index (χ4v) is 2.45. The first-order valence-corrected chi connectivity index (χ1v) is 7.39. The number of amides is 1. The molecule has 1 N–H and O–H groups in total. The van der Waals surface area contributed by atoms with E-state index in [2.05, 4.69) is 5.32 Å². The lowest BCUT2D eigenvalue weighted by atomic mass is 10.1. The van der Waals surface area contributed by atoms with Crippen LogP contribution in [0.2, 0.25) is 0 Å². The van der Waals surface area contributed by atoms with Crippen LogP contribution in [0.15, 0.2) is 24.3 Å². The normalized spacial score (nSPS) is 21.3. The van der Waals surface area contributed by atoms with E-state index in [1.54, 1.807) is 23.3 Å². The van der Waals surface area contributed by atoms with Gasteiger partial charge in [0.25, 0.3) is 0 Å². The quantitative estimate of drug-likeness (QED) is 0.873. The summed E-state index contributed by atoms with van der Waals surface area (Å²) in [5.74, 6) is 0.0570. The van der Waals surface area contributed by atoms with Gasteiger partial charge in [0, 0.05) is 29.4 Å². The number of nitrogens with zero attached hydrogens (tertiary/aromatic N) is 1. The van der Waals surface area contributed by atoms with Crippen LogP contribution < -0.4 is 5.32 Å². The third-order valence-corrected chi connectivity index (χ3v) is 3.62. The van der Waals surface area contributed by atoms with Crippen LogP contribution >= 0.6 is 0 Å². The Bertz CT molecular complexity index is 481. The smallest absolute Gasteiger partial charge is 0.238 e. The zero-order chi connectivity index (χ0) is 13.1. The van der Waals surface area contributed by atoms with Gasteiger partial charge < -0.3 is 4.90 Å². The van der Waals surface area contributed by atoms with Crippen LogP contribution in [0.3, 0.4) is 0 Å². The number of benzene rings is 1. The van der Waals surface area contributed by atoms with Gasteiger partial charge in [-0.3, -0.25) is 14.3 Å². The topological polar surface area (TPSA) is 49.4 Å². The molecule has 6 heteroatoms. The van der Waals surface area contributed by atoms with Crippen molar-refractivity contribution in [3.63, 3.8) is 0 Å². The molecule has 0 spiro atoms. The molecule has 0 bridgehead atoms. The Morgan fingerprint density at radius 2 is 2.33 bits per heavy atom. The summed E-state index contributed by atoms with van der Waals surface area (Å²) in [7, 11) is -0.948. The second-order valence-corrected chi connectivity index (χ2v) is 5.76. The van der Waals surface area contributed by atoms with Gasteiger partial charge in [0.1, 0.15) is 12.0 Å². The predicted molar refractivity (Wildman–Crippen MR) is 67.8 cm³/mol. The average molecular weight is 270 g/mol. The van der Waals surface area contributed by atoms with Crippen molar-refractivity contribution < 1.29 is 13.4 Å². The van der Waals surface area contributed by atoms with Crippen molar-refractivity contribution in [1.82, 2.24) is 10.2 Å². The van der Waals surface area contributed by atoms with E-state index in [1.807, 2.05) is 0 Å². The van der Waals surface area contributed by atoms with Crippen LogP contribution in [-0.2, 0) is 15.6 Å². The minimum Gasteiger partial charge on any atom is -0.321 e. The first kappa shape index (κ1) is 13.2. The molecule has 1 saturated heterocycles. The molecule has 1 aromatic carbocycles. The Morgan fingerprint density at radius 3 is 3.00 bits per heavy atom. The SMILES string of the molecule is CS(=O)CCN1C(=O)CNC1c1cccc(F)c1. The monoisotopic (exact) mass is 270 g/mol. The van der Waals surface area contributed by atoms with Crippen LogP contribution in [0.25, 0.3) is 0 Å². The molecule has 2 rings (SSSR count). The van der Waals surface area contributed by atoms with Gasteiger partial charge in [-0.15, -0.1) is 0 Å². The maximum absolute atomic E-state index is 13.2. The van der Waals surface area contributed by atoms with Gasteiger partial charge in [-0.2, -0.15) is 0 Å². The molecule has 0 aliphatic carbocycles. The molecule has 1 aliphatic heterocycles. The Morgan fingerprint density at radius 1 is 1.56 bits per heavy atom. The molecule has 1 amide bonds. The lowest BCUT2D eigenvalue weighted by Gasteiger charge is -2.24. The molecule has 18 heavy (non-hydrogen) atoms. The minimum atomic E-state index is -0.948. The predicted octanol–water partition coefficient (Wildman–Crippen LogP) is 0.635. The molecule has 1 aliphatic rings. The largest absolute Gasteiger partial charge is 0.321 e. The van der Waals surface area contributed by atoms with Crippen molar-refractivity contribution in [3.8, 4) is 0 Å². The molecule has 0 aromatic heterocycles. The van der Waals surface area contributed by atoms with Crippen molar-refractivity contribution in [1.29, 1.82) is 0 Å². The number of halogens is 1. The summed E-state index contributed by atoms with van der Waals surface area (Å²) >= 11 is 0. The van der Waals surface area contributed by atoms with Crippen LogP contribution in [0.4, 0.5) is 4.39 Å². The van der Waals surface area contributed by atoms with Gasteiger partial charge >= 0.3 is 0 Å². The van der Waals surface area contributed by atoms with Gasteiger partial charge in [0.2, 0.25) is 5.91 Å². The van der Waals surface area contributed by atoms with E-state index < -0.39 is 10.8 Å². The van der Waals surface area contributed by atoms with Crippen LogP contribution in [0, 0.1) is 5.82 Å². The Hall–Kier alpha value is -1.27. The lowest BCUT2D eigenvalue weighted by Crippen LogP contribution is -2.33. The summed E-state index contributed by atoms with van der Waals surface area (Å²) < 4.78 is 24.3. The minimum absolute atomic E-state index is 0.0466. The fourth-order valence-electron chi connectivity index (χ4n) is 1.99. The van der Waals surface area contributed by atoms with E-state index >= 15 is 0 Å². The maximum atomic E-state index is 13.2. The van der Waals surface area contributed by atoms with Gasteiger partial charge in [-0.25, -0.2) is 4.39 Å². The summed E-state index contributed by atoms with van der Waals surface area (Å²) in [6.45, 7) is 0.646. The van der Waals surface area contributed by atoms with Crippen LogP contribution in [0.5, 0.6) is 0 Å². The zero-order valence-electron chi connectivity index (χ0n) is 10.1. The van der Waals surface area contributed by atoms with Crippen molar-refractivity contribution in [2.45, 2.75) is 6.17 Å². The highest BCUT2D eigenvalue weighted by molar-refractivity contribution is 7.84. The molecule has 98 valence electrons. The Kier molecular flexibility index (Phi) is 4.08. The summed E-state index contributed by atoms with van der Waals surface area (Å²) in [5, 5.41) is 3.03. The number of hydrogen-bond acceptors (Lipinski definition) is 3. The van der Waals surface area contributed by atoms with E-state index in [1.165, 1.54) is 12.1 Å². The Balaban J connectivity index is 2.15. The highest BCUT2D eigenvalue weighted by Crippen LogP contribution is 2.22. The van der Waals surface area contributed by atoms with Gasteiger partial charge in [0.15, 0.2) is 0 Å². The lowest BCUT2D eigenvalue weighted by molar-refractivity contribution is -0.127. The molecule has 2 atom stereocenters. The number of carbonyl (C=O) groups is 1. The van der Waals surface area contributed by atoms with Crippen molar-refractivity contribution in [2.24, 2.45) is 0 Å². The molecule has 0 saturated carbocycles.